The van der Waals surface area contributed by atoms with Crippen molar-refractivity contribution in [3.8, 4) is 10.6 Å². The van der Waals surface area contributed by atoms with Crippen molar-refractivity contribution in [2.45, 2.75) is 12.8 Å². The van der Waals surface area contributed by atoms with Gasteiger partial charge in [-0.2, -0.15) is 0 Å². The van der Waals surface area contributed by atoms with Crippen LogP contribution < -0.4 is 4.90 Å². The molecule has 5 heteroatoms. The minimum atomic E-state index is -0.327. The highest BCUT2D eigenvalue weighted by Crippen LogP contribution is 2.32. The van der Waals surface area contributed by atoms with Gasteiger partial charge in [0, 0.05) is 24.8 Å². The molecule has 0 amide bonds. The van der Waals surface area contributed by atoms with Crippen LogP contribution in [0, 0.1) is 0 Å². The molecule has 0 unspecified atom stereocenters. The highest BCUT2D eigenvalue weighted by atomic mass is 32.1. The van der Waals surface area contributed by atoms with E-state index in [0.29, 0.717) is 4.88 Å². The molecule has 1 aliphatic rings. The SMILES string of the molecule is COC(=O)c1cnc(-c2ccc3c(c2)CCCN3C)s1. The van der Waals surface area contributed by atoms with E-state index in [4.69, 9.17) is 4.74 Å². The standard InChI is InChI=1S/C15H16N2O2S/c1-17-7-3-4-10-8-11(5-6-12(10)17)14-16-9-13(20-14)15(18)19-2/h5-6,8-9H,3-4,7H2,1-2H3. The first-order chi connectivity index (χ1) is 9.69. The number of anilines is 1. The molecule has 0 saturated carbocycles. The Morgan fingerprint density at radius 1 is 1.45 bits per heavy atom. The summed E-state index contributed by atoms with van der Waals surface area (Å²) in [4.78, 5) is 18.6. The lowest BCUT2D eigenvalue weighted by molar-refractivity contribution is 0.0606. The normalized spacial score (nSPS) is 14.0. The van der Waals surface area contributed by atoms with Crippen LogP contribution in [0.2, 0.25) is 0 Å². The van der Waals surface area contributed by atoms with Crippen LogP contribution in [0.15, 0.2) is 24.4 Å². The van der Waals surface area contributed by atoms with Gasteiger partial charge in [0.2, 0.25) is 0 Å². The van der Waals surface area contributed by atoms with E-state index in [0.717, 1.165) is 23.5 Å². The topological polar surface area (TPSA) is 42.4 Å². The van der Waals surface area contributed by atoms with Crippen LogP contribution in [-0.4, -0.2) is 31.7 Å². The Kier molecular flexibility index (Phi) is 3.44. The third-order valence-electron chi connectivity index (χ3n) is 3.57. The maximum Gasteiger partial charge on any atom is 0.349 e. The molecule has 1 aromatic heterocycles. The predicted octanol–water partition coefficient (Wildman–Crippen LogP) is 2.98. The number of hydrogen-bond donors (Lipinski definition) is 0. The molecule has 2 aromatic rings. The van der Waals surface area contributed by atoms with Gasteiger partial charge in [0.1, 0.15) is 9.88 Å². The molecule has 0 atom stereocenters. The number of ether oxygens (including phenoxy) is 1. The van der Waals surface area contributed by atoms with Crippen molar-refractivity contribution in [2.75, 3.05) is 25.6 Å². The number of aromatic nitrogens is 1. The van der Waals surface area contributed by atoms with Gasteiger partial charge in [-0.05, 0) is 36.6 Å². The van der Waals surface area contributed by atoms with Crippen LogP contribution in [0.1, 0.15) is 21.7 Å². The lowest BCUT2D eigenvalue weighted by Gasteiger charge is -2.27. The van der Waals surface area contributed by atoms with Crippen molar-refractivity contribution >= 4 is 23.0 Å². The molecule has 0 radical (unpaired) electrons. The molecular formula is C15H16N2O2S. The minimum absolute atomic E-state index is 0.327. The van der Waals surface area contributed by atoms with Crippen LogP contribution in [0.25, 0.3) is 10.6 Å². The van der Waals surface area contributed by atoms with Crippen molar-refractivity contribution in [2.24, 2.45) is 0 Å². The summed E-state index contributed by atoms with van der Waals surface area (Å²) in [7, 11) is 3.51. The molecule has 0 N–H and O–H groups in total. The molecule has 1 aromatic carbocycles. The number of aryl methyl sites for hydroxylation is 1. The first kappa shape index (κ1) is 13.1. The fraction of sp³-hybridized carbons (Fsp3) is 0.333. The zero-order valence-corrected chi connectivity index (χ0v) is 12.4. The second kappa shape index (κ2) is 5.25. The van der Waals surface area contributed by atoms with Gasteiger partial charge >= 0.3 is 5.97 Å². The third-order valence-corrected chi connectivity index (χ3v) is 4.60. The summed E-state index contributed by atoms with van der Waals surface area (Å²) in [6.07, 6.45) is 3.86. The van der Waals surface area contributed by atoms with Crippen molar-refractivity contribution in [1.82, 2.24) is 4.98 Å². The third kappa shape index (κ3) is 2.29. The van der Waals surface area contributed by atoms with Gasteiger partial charge in [-0.1, -0.05) is 0 Å². The van der Waals surface area contributed by atoms with Gasteiger partial charge < -0.3 is 9.64 Å². The van der Waals surface area contributed by atoms with Crippen molar-refractivity contribution < 1.29 is 9.53 Å². The number of thiazole rings is 1. The Hall–Kier alpha value is -1.88. The summed E-state index contributed by atoms with van der Waals surface area (Å²) in [5.74, 6) is -0.327. The molecule has 1 aliphatic heterocycles. The van der Waals surface area contributed by atoms with E-state index in [1.807, 2.05) is 0 Å². The Morgan fingerprint density at radius 2 is 2.30 bits per heavy atom. The average Bonchev–Trinajstić information content (AvgIpc) is 2.96. The highest BCUT2D eigenvalue weighted by molar-refractivity contribution is 7.16. The summed E-state index contributed by atoms with van der Waals surface area (Å²) < 4.78 is 4.71. The average molecular weight is 288 g/mol. The molecule has 0 bridgehead atoms. The van der Waals surface area contributed by atoms with Crippen molar-refractivity contribution in [1.29, 1.82) is 0 Å². The van der Waals surface area contributed by atoms with Crippen LogP contribution in [0.3, 0.4) is 0 Å². The summed E-state index contributed by atoms with van der Waals surface area (Å²) in [5, 5.41) is 0.862. The van der Waals surface area contributed by atoms with Crippen LogP contribution in [0.5, 0.6) is 0 Å². The summed E-state index contributed by atoms with van der Waals surface area (Å²) in [6.45, 7) is 1.11. The summed E-state index contributed by atoms with van der Waals surface area (Å²) in [6, 6.07) is 6.40. The van der Waals surface area contributed by atoms with E-state index in [1.54, 1.807) is 6.20 Å². The quantitative estimate of drug-likeness (QED) is 0.797. The second-order valence-corrected chi connectivity index (χ2v) is 5.92. The number of carbonyl (C=O) groups excluding carboxylic acids is 1. The maximum absolute atomic E-state index is 11.5. The Labute approximate surface area is 122 Å². The number of benzene rings is 1. The molecule has 0 fully saturated rings. The molecule has 4 nitrogen and oxygen atoms in total. The monoisotopic (exact) mass is 288 g/mol. The number of hydrogen-bond acceptors (Lipinski definition) is 5. The van der Waals surface area contributed by atoms with Gasteiger partial charge in [-0.15, -0.1) is 11.3 Å². The summed E-state index contributed by atoms with van der Waals surface area (Å²) in [5.41, 5.74) is 3.72. The van der Waals surface area contributed by atoms with Crippen molar-refractivity contribution in [3.05, 3.63) is 34.8 Å². The van der Waals surface area contributed by atoms with E-state index in [9.17, 15) is 4.79 Å². The largest absolute Gasteiger partial charge is 0.465 e. The fourth-order valence-corrected chi connectivity index (χ4v) is 3.35. The Balaban J connectivity index is 1.95. The van der Waals surface area contributed by atoms with Gasteiger partial charge in [0.15, 0.2) is 0 Å². The number of carbonyl (C=O) groups is 1. The zero-order valence-electron chi connectivity index (χ0n) is 11.5. The molecule has 3 rings (SSSR count). The molecule has 0 spiro atoms. The van der Waals surface area contributed by atoms with Gasteiger partial charge in [0.25, 0.3) is 0 Å². The fourth-order valence-electron chi connectivity index (χ4n) is 2.52. The van der Waals surface area contributed by atoms with E-state index in [2.05, 4.69) is 35.1 Å². The molecule has 2 heterocycles. The Morgan fingerprint density at radius 3 is 3.10 bits per heavy atom. The van der Waals surface area contributed by atoms with Gasteiger partial charge in [0.05, 0.1) is 13.3 Å². The highest BCUT2D eigenvalue weighted by Gasteiger charge is 2.16. The Bertz CT molecular complexity index is 651. The van der Waals surface area contributed by atoms with E-state index in [1.165, 1.54) is 36.1 Å². The van der Waals surface area contributed by atoms with Gasteiger partial charge in [-0.25, -0.2) is 9.78 Å². The number of nitrogens with zero attached hydrogens (tertiary/aromatic N) is 2. The number of rotatable bonds is 2. The molecule has 20 heavy (non-hydrogen) atoms. The maximum atomic E-state index is 11.5. The molecule has 104 valence electrons. The lowest BCUT2D eigenvalue weighted by Crippen LogP contribution is -2.24. The predicted molar refractivity (Wildman–Crippen MR) is 80.5 cm³/mol. The van der Waals surface area contributed by atoms with Crippen LogP contribution >= 0.6 is 11.3 Å². The molecular weight excluding hydrogens is 272 g/mol. The lowest BCUT2D eigenvalue weighted by atomic mass is 10.00. The first-order valence-corrected chi connectivity index (χ1v) is 7.39. The number of methoxy groups -OCH3 is 1. The zero-order chi connectivity index (χ0) is 14.1. The van der Waals surface area contributed by atoms with E-state index < -0.39 is 0 Å². The second-order valence-electron chi connectivity index (χ2n) is 4.89. The van der Waals surface area contributed by atoms with E-state index in [-0.39, 0.29) is 5.97 Å². The van der Waals surface area contributed by atoms with E-state index >= 15 is 0 Å². The number of fused-ring (bicyclic) bond motifs is 1. The molecule has 0 saturated heterocycles. The summed E-state index contributed by atoms with van der Waals surface area (Å²) >= 11 is 1.37. The van der Waals surface area contributed by atoms with Crippen LogP contribution in [0.4, 0.5) is 5.69 Å². The smallest absolute Gasteiger partial charge is 0.349 e. The minimum Gasteiger partial charge on any atom is -0.465 e. The first-order valence-electron chi connectivity index (χ1n) is 6.57. The van der Waals surface area contributed by atoms with Crippen molar-refractivity contribution in [3.63, 3.8) is 0 Å². The van der Waals surface area contributed by atoms with Crippen LogP contribution in [-0.2, 0) is 11.2 Å². The number of esters is 1. The van der Waals surface area contributed by atoms with Gasteiger partial charge in [-0.3, -0.25) is 0 Å². The molecule has 0 aliphatic carbocycles.